The summed E-state index contributed by atoms with van der Waals surface area (Å²) in [5.74, 6) is -0.691. The zero-order chi connectivity index (χ0) is 15.2. The van der Waals surface area contributed by atoms with E-state index in [9.17, 15) is 9.18 Å². The quantitative estimate of drug-likeness (QED) is 0.911. The minimum Gasteiger partial charge on any atom is -0.492 e. The van der Waals surface area contributed by atoms with Crippen molar-refractivity contribution in [3.05, 3.63) is 53.1 Å². The highest BCUT2D eigenvalue weighted by Crippen LogP contribution is 2.28. The Kier molecular flexibility index (Phi) is 5.11. The molecule has 0 aliphatic rings. The number of anilines is 1. The lowest BCUT2D eigenvalue weighted by molar-refractivity contribution is 0.102. The lowest BCUT2D eigenvalue weighted by Gasteiger charge is -2.10. The van der Waals surface area contributed by atoms with Crippen LogP contribution in [0.3, 0.4) is 0 Å². The Morgan fingerprint density at radius 2 is 2.24 bits per heavy atom. The number of hydrogen-bond donors (Lipinski definition) is 1. The van der Waals surface area contributed by atoms with Crippen LogP contribution in [0.2, 0.25) is 5.02 Å². The summed E-state index contributed by atoms with van der Waals surface area (Å²) >= 11 is 6.07. The summed E-state index contributed by atoms with van der Waals surface area (Å²) < 4.78 is 18.9. The molecule has 0 bridgehead atoms. The number of carbonyl (C=O) groups is 1. The van der Waals surface area contributed by atoms with E-state index in [4.69, 9.17) is 16.3 Å². The number of nitrogens with zero attached hydrogens (tertiary/aromatic N) is 1. The summed E-state index contributed by atoms with van der Waals surface area (Å²) in [6.07, 6.45) is 3.21. The van der Waals surface area contributed by atoms with E-state index in [2.05, 4.69) is 10.3 Å². The number of halogens is 2. The second-order valence-corrected chi connectivity index (χ2v) is 4.71. The van der Waals surface area contributed by atoms with Gasteiger partial charge in [-0.05, 0) is 30.7 Å². The first-order valence-electron chi connectivity index (χ1n) is 6.45. The highest BCUT2D eigenvalue weighted by molar-refractivity contribution is 6.32. The van der Waals surface area contributed by atoms with Crippen molar-refractivity contribution in [2.45, 2.75) is 13.3 Å². The third kappa shape index (κ3) is 3.92. The van der Waals surface area contributed by atoms with Gasteiger partial charge in [-0.15, -0.1) is 0 Å². The molecule has 1 heterocycles. The Hall–Kier alpha value is -2.14. The van der Waals surface area contributed by atoms with Gasteiger partial charge in [0.15, 0.2) is 5.82 Å². The SMILES string of the molecule is CCCOc1ccc(NC(=O)c2ccncc2F)cc1Cl. The topological polar surface area (TPSA) is 51.2 Å². The van der Waals surface area contributed by atoms with Crippen LogP contribution < -0.4 is 10.1 Å². The van der Waals surface area contributed by atoms with Crippen molar-refractivity contribution in [1.82, 2.24) is 4.98 Å². The molecule has 2 aromatic rings. The van der Waals surface area contributed by atoms with Gasteiger partial charge >= 0.3 is 0 Å². The van der Waals surface area contributed by atoms with E-state index >= 15 is 0 Å². The summed E-state index contributed by atoms with van der Waals surface area (Å²) in [5.41, 5.74) is 0.387. The van der Waals surface area contributed by atoms with Crippen LogP contribution in [0.4, 0.5) is 10.1 Å². The molecule has 21 heavy (non-hydrogen) atoms. The minimum absolute atomic E-state index is 0.0765. The van der Waals surface area contributed by atoms with Crippen molar-refractivity contribution >= 4 is 23.2 Å². The van der Waals surface area contributed by atoms with Crippen LogP contribution in [-0.2, 0) is 0 Å². The molecule has 2 rings (SSSR count). The lowest BCUT2D eigenvalue weighted by Crippen LogP contribution is -2.13. The smallest absolute Gasteiger partial charge is 0.258 e. The summed E-state index contributed by atoms with van der Waals surface area (Å²) in [5, 5.41) is 2.96. The molecular formula is C15H14ClFN2O2. The van der Waals surface area contributed by atoms with Crippen molar-refractivity contribution in [2.75, 3.05) is 11.9 Å². The number of ether oxygens (including phenoxy) is 1. The van der Waals surface area contributed by atoms with Crippen LogP contribution in [0.15, 0.2) is 36.7 Å². The van der Waals surface area contributed by atoms with Crippen molar-refractivity contribution in [3.63, 3.8) is 0 Å². The Bertz CT molecular complexity index is 649. The molecule has 0 saturated heterocycles. The third-order valence-electron chi connectivity index (χ3n) is 2.67. The highest BCUT2D eigenvalue weighted by Gasteiger charge is 2.12. The molecule has 0 aliphatic carbocycles. The highest BCUT2D eigenvalue weighted by atomic mass is 35.5. The number of rotatable bonds is 5. The van der Waals surface area contributed by atoms with Gasteiger partial charge in [0, 0.05) is 11.9 Å². The van der Waals surface area contributed by atoms with Crippen LogP contribution in [0, 0.1) is 5.82 Å². The molecule has 0 radical (unpaired) electrons. The first kappa shape index (κ1) is 15.3. The van der Waals surface area contributed by atoms with Gasteiger partial charge < -0.3 is 10.1 Å². The normalized spacial score (nSPS) is 10.2. The molecule has 0 fully saturated rings. The maximum absolute atomic E-state index is 13.5. The summed E-state index contributed by atoms with van der Waals surface area (Å²) in [6.45, 7) is 2.55. The van der Waals surface area contributed by atoms with E-state index in [1.807, 2.05) is 6.92 Å². The van der Waals surface area contributed by atoms with E-state index in [1.54, 1.807) is 18.2 Å². The molecule has 0 unspecified atom stereocenters. The summed E-state index contributed by atoms with van der Waals surface area (Å²) in [6, 6.07) is 6.18. The number of pyridine rings is 1. The number of aromatic nitrogens is 1. The minimum atomic E-state index is -0.677. The lowest BCUT2D eigenvalue weighted by atomic mass is 10.2. The predicted molar refractivity (Wildman–Crippen MR) is 79.4 cm³/mol. The molecule has 0 atom stereocenters. The zero-order valence-electron chi connectivity index (χ0n) is 11.4. The number of hydrogen-bond acceptors (Lipinski definition) is 3. The standard InChI is InChI=1S/C15H14ClFN2O2/c1-2-7-21-14-4-3-10(8-12(14)16)19-15(20)11-5-6-18-9-13(11)17/h3-6,8-9H,2,7H2,1H3,(H,19,20). The maximum Gasteiger partial charge on any atom is 0.258 e. The van der Waals surface area contributed by atoms with Gasteiger partial charge in [0.2, 0.25) is 0 Å². The van der Waals surface area contributed by atoms with Crippen LogP contribution >= 0.6 is 11.6 Å². The van der Waals surface area contributed by atoms with Crippen molar-refractivity contribution in [1.29, 1.82) is 0 Å². The summed E-state index contributed by atoms with van der Waals surface area (Å²) in [4.78, 5) is 15.5. The van der Waals surface area contributed by atoms with Crippen LogP contribution in [-0.4, -0.2) is 17.5 Å². The second-order valence-electron chi connectivity index (χ2n) is 4.30. The second kappa shape index (κ2) is 7.04. The monoisotopic (exact) mass is 308 g/mol. The molecule has 0 spiro atoms. The van der Waals surface area contributed by atoms with Crippen molar-refractivity contribution in [3.8, 4) is 5.75 Å². The molecule has 1 aromatic carbocycles. The van der Waals surface area contributed by atoms with Crippen LogP contribution in [0.25, 0.3) is 0 Å². The fraction of sp³-hybridized carbons (Fsp3) is 0.200. The molecule has 1 amide bonds. The van der Waals surface area contributed by atoms with Crippen molar-refractivity contribution in [2.24, 2.45) is 0 Å². The first-order valence-corrected chi connectivity index (χ1v) is 6.83. The molecular weight excluding hydrogens is 295 g/mol. The largest absolute Gasteiger partial charge is 0.492 e. The molecule has 1 N–H and O–H groups in total. The van der Waals surface area contributed by atoms with E-state index in [1.165, 1.54) is 12.3 Å². The molecule has 1 aromatic heterocycles. The molecule has 4 nitrogen and oxygen atoms in total. The van der Waals surface area contributed by atoms with E-state index in [-0.39, 0.29) is 5.56 Å². The molecule has 110 valence electrons. The van der Waals surface area contributed by atoms with Crippen LogP contribution in [0.1, 0.15) is 23.7 Å². The Morgan fingerprint density at radius 3 is 2.90 bits per heavy atom. The van der Waals surface area contributed by atoms with Gasteiger partial charge in [-0.25, -0.2) is 4.39 Å². The summed E-state index contributed by atoms with van der Waals surface area (Å²) in [7, 11) is 0. The van der Waals surface area contributed by atoms with Crippen LogP contribution in [0.5, 0.6) is 5.75 Å². The molecule has 6 heteroatoms. The van der Waals surface area contributed by atoms with E-state index < -0.39 is 11.7 Å². The predicted octanol–water partition coefficient (Wildman–Crippen LogP) is 3.92. The fourth-order valence-corrected chi connectivity index (χ4v) is 1.90. The maximum atomic E-state index is 13.5. The number of nitrogens with one attached hydrogen (secondary N) is 1. The van der Waals surface area contributed by atoms with E-state index in [0.29, 0.717) is 23.1 Å². The third-order valence-corrected chi connectivity index (χ3v) is 2.96. The number of amides is 1. The van der Waals surface area contributed by atoms with Gasteiger partial charge in [0.25, 0.3) is 5.91 Å². The number of benzene rings is 1. The van der Waals surface area contributed by atoms with Gasteiger partial charge in [0.1, 0.15) is 5.75 Å². The van der Waals surface area contributed by atoms with Gasteiger partial charge in [-0.1, -0.05) is 18.5 Å². The average Bonchev–Trinajstić information content (AvgIpc) is 2.47. The zero-order valence-corrected chi connectivity index (χ0v) is 12.2. The first-order chi connectivity index (χ1) is 10.1. The van der Waals surface area contributed by atoms with E-state index in [0.717, 1.165) is 12.6 Å². The number of carbonyl (C=O) groups excluding carboxylic acids is 1. The fourth-order valence-electron chi connectivity index (χ4n) is 1.67. The van der Waals surface area contributed by atoms with Gasteiger partial charge in [-0.2, -0.15) is 0 Å². The van der Waals surface area contributed by atoms with Gasteiger partial charge in [-0.3, -0.25) is 9.78 Å². The Morgan fingerprint density at radius 1 is 1.43 bits per heavy atom. The average molecular weight is 309 g/mol. The van der Waals surface area contributed by atoms with Crippen molar-refractivity contribution < 1.29 is 13.9 Å². The molecule has 0 saturated carbocycles. The Balaban J connectivity index is 2.11. The van der Waals surface area contributed by atoms with Gasteiger partial charge in [0.05, 0.1) is 23.4 Å². The molecule has 0 aliphatic heterocycles. The Labute approximate surface area is 126 Å².